The van der Waals surface area contributed by atoms with Gasteiger partial charge in [0.1, 0.15) is 6.10 Å². The van der Waals surface area contributed by atoms with E-state index in [1.807, 2.05) is 6.07 Å². The minimum absolute atomic E-state index is 0.0495. The van der Waals surface area contributed by atoms with Gasteiger partial charge in [-0.1, -0.05) is 25.5 Å². The van der Waals surface area contributed by atoms with E-state index < -0.39 is 30.2 Å². The maximum Gasteiger partial charge on any atom is 0.335 e. The molecule has 0 bridgehead atoms. The van der Waals surface area contributed by atoms with E-state index in [0.717, 1.165) is 56.9 Å². The Morgan fingerprint density at radius 1 is 1.03 bits per heavy atom. The molecule has 4 fully saturated rings. The Morgan fingerprint density at radius 3 is 2.57 bits per heavy atom. The molecule has 11 atom stereocenters. The number of hydrogen-bond donors (Lipinski definition) is 3. The van der Waals surface area contributed by atoms with E-state index in [4.69, 9.17) is 13.9 Å². The number of fused-ring (bicyclic) bond motifs is 5. The number of rotatable bonds is 3. The molecule has 1 saturated heterocycles. The fourth-order valence-corrected chi connectivity index (χ4v) is 9.18. The van der Waals surface area contributed by atoms with Crippen LogP contribution in [0, 0.1) is 22.7 Å². The van der Waals surface area contributed by atoms with Gasteiger partial charge in [-0.25, -0.2) is 4.79 Å². The Balaban J connectivity index is 1.21. The topological polar surface area (TPSA) is 109 Å². The van der Waals surface area contributed by atoms with Crippen molar-refractivity contribution in [3.05, 3.63) is 46.0 Å². The molecule has 5 aliphatic rings. The van der Waals surface area contributed by atoms with Gasteiger partial charge in [-0.15, -0.1) is 0 Å². The van der Waals surface area contributed by atoms with Crippen molar-refractivity contribution in [2.75, 3.05) is 0 Å². The molecule has 0 spiro atoms. The lowest BCUT2D eigenvalue weighted by Crippen LogP contribution is -2.60. The van der Waals surface area contributed by atoms with Gasteiger partial charge in [-0.05, 0) is 93.1 Å². The molecule has 3 N–H and O–H groups in total. The highest BCUT2D eigenvalue weighted by Crippen LogP contribution is 2.70. The maximum absolute atomic E-state index is 12.4. The van der Waals surface area contributed by atoms with Crippen molar-refractivity contribution < 1.29 is 29.2 Å². The molecule has 7 heteroatoms. The Bertz CT molecular complexity index is 1080. The van der Waals surface area contributed by atoms with Crippen LogP contribution in [-0.2, 0) is 9.47 Å². The standard InChI is InChI=1S/C30H42O7/c1-17-27(33)24(31)15-26(36-17)37-20-8-11-28(2)19(14-20)5-6-23-22(28)9-12-29(3)21(10-13-30(23,29)34)18-4-7-25(32)35-16-18/h4,7,14,16-17,20-24,26-27,31,33-34H,5-6,8-13,15H2,1-3H3/t17-,20-,21+,22-,23+,24-,26-,27-,28-,29+,30-/m0/s1. The zero-order chi connectivity index (χ0) is 26.2. The average molecular weight is 515 g/mol. The largest absolute Gasteiger partial charge is 0.431 e. The van der Waals surface area contributed by atoms with Crippen LogP contribution in [0.5, 0.6) is 0 Å². The van der Waals surface area contributed by atoms with Crippen LogP contribution < -0.4 is 5.63 Å². The lowest BCUT2D eigenvalue weighted by atomic mass is 9.45. The summed E-state index contributed by atoms with van der Waals surface area (Å²) in [7, 11) is 0. The van der Waals surface area contributed by atoms with Crippen molar-refractivity contribution in [2.45, 2.75) is 121 Å². The van der Waals surface area contributed by atoms with E-state index in [1.165, 1.54) is 11.6 Å². The highest BCUT2D eigenvalue weighted by atomic mass is 16.7. The number of ether oxygens (including phenoxy) is 2. The number of hydrogen-bond acceptors (Lipinski definition) is 7. The molecule has 2 heterocycles. The third kappa shape index (κ3) is 3.91. The zero-order valence-corrected chi connectivity index (χ0v) is 22.3. The molecule has 0 amide bonds. The molecule has 4 aliphatic carbocycles. The van der Waals surface area contributed by atoms with Gasteiger partial charge in [0.15, 0.2) is 6.29 Å². The Labute approximate surface area is 218 Å². The summed E-state index contributed by atoms with van der Waals surface area (Å²) in [6.07, 6.45) is 9.06. The molecule has 0 radical (unpaired) electrons. The SMILES string of the molecule is C[C@@H]1O[C@@H](O[C@@H]2C=C3CC[C@@H]4[C@H](CC[C@]5(C)[C@@H](c6ccc(=O)oc6)CC[C@]45O)[C@@]3(C)CC2)C[C@H](O)[C@H]1O. The highest BCUT2D eigenvalue weighted by Gasteiger charge is 2.66. The lowest BCUT2D eigenvalue weighted by Gasteiger charge is -2.62. The van der Waals surface area contributed by atoms with E-state index in [9.17, 15) is 20.1 Å². The van der Waals surface area contributed by atoms with Gasteiger partial charge in [0, 0.05) is 17.9 Å². The van der Waals surface area contributed by atoms with Crippen molar-refractivity contribution in [3.8, 4) is 0 Å². The van der Waals surface area contributed by atoms with Crippen molar-refractivity contribution in [1.82, 2.24) is 0 Å². The van der Waals surface area contributed by atoms with Crippen LogP contribution in [0.4, 0.5) is 0 Å². The summed E-state index contributed by atoms with van der Waals surface area (Å²) < 4.78 is 17.3. The van der Waals surface area contributed by atoms with Gasteiger partial charge in [-0.2, -0.15) is 0 Å². The number of allylic oxidation sites excluding steroid dienone is 1. The fraction of sp³-hybridized carbons (Fsp3) is 0.767. The predicted octanol–water partition coefficient (Wildman–Crippen LogP) is 4.04. The molecular formula is C30H42O7. The highest BCUT2D eigenvalue weighted by molar-refractivity contribution is 5.31. The molecule has 1 aromatic rings. The van der Waals surface area contributed by atoms with Crippen molar-refractivity contribution in [2.24, 2.45) is 22.7 Å². The first-order valence-corrected chi connectivity index (χ1v) is 14.2. The molecule has 7 nitrogen and oxygen atoms in total. The van der Waals surface area contributed by atoms with Crippen LogP contribution in [0.15, 0.2) is 39.3 Å². The van der Waals surface area contributed by atoms with Gasteiger partial charge >= 0.3 is 5.63 Å². The van der Waals surface area contributed by atoms with Crippen LogP contribution in [0.2, 0.25) is 0 Å². The monoisotopic (exact) mass is 514 g/mol. The molecule has 1 aromatic heterocycles. The van der Waals surface area contributed by atoms with Crippen LogP contribution in [-0.4, -0.2) is 51.6 Å². The van der Waals surface area contributed by atoms with Crippen molar-refractivity contribution in [3.63, 3.8) is 0 Å². The van der Waals surface area contributed by atoms with E-state index in [-0.39, 0.29) is 40.8 Å². The minimum atomic E-state index is -0.874. The molecule has 0 aromatic carbocycles. The summed E-state index contributed by atoms with van der Waals surface area (Å²) >= 11 is 0. The molecular weight excluding hydrogens is 472 g/mol. The van der Waals surface area contributed by atoms with Crippen LogP contribution in [0.25, 0.3) is 0 Å². The van der Waals surface area contributed by atoms with Crippen molar-refractivity contribution >= 4 is 0 Å². The maximum atomic E-state index is 12.4. The molecule has 6 rings (SSSR count). The van der Waals surface area contributed by atoms with Crippen LogP contribution in [0.3, 0.4) is 0 Å². The quantitative estimate of drug-likeness (QED) is 0.522. The van der Waals surface area contributed by atoms with Crippen LogP contribution >= 0.6 is 0 Å². The smallest absolute Gasteiger partial charge is 0.335 e. The van der Waals surface area contributed by atoms with E-state index in [0.29, 0.717) is 5.92 Å². The second kappa shape index (κ2) is 9.02. The zero-order valence-electron chi connectivity index (χ0n) is 22.3. The molecule has 1 aliphatic heterocycles. The summed E-state index contributed by atoms with van der Waals surface area (Å²) in [5, 5.41) is 32.5. The molecule has 204 valence electrons. The molecule has 37 heavy (non-hydrogen) atoms. The van der Waals surface area contributed by atoms with Crippen molar-refractivity contribution in [1.29, 1.82) is 0 Å². The summed E-state index contributed by atoms with van der Waals surface area (Å²) in [5.41, 5.74) is 1.25. The normalized spacial score (nSPS) is 49.5. The van der Waals surface area contributed by atoms with Gasteiger partial charge in [0.05, 0.1) is 30.2 Å². The minimum Gasteiger partial charge on any atom is -0.431 e. The summed E-state index contributed by atoms with van der Waals surface area (Å²) in [6, 6.07) is 3.39. The Kier molecular flexibility index (Phi) is 6.28. The predicted molar refractivity (Wildman–Crippen MR) is 137 cm³/mol. The second-order valence-electron chi connectivity index (χ2n) is 13.0. The summed E-state index contributed by atoms with van der Waals surface area (Å²) in [4.78, 5) is 11.5. The summed E-state index contributed by atoms with van der Waals surface area (Å²) in [6.45, 7) is 6.43. The van der Waals surface area contributed by atoms with Gasteiger partial charge in [0.25, 0.3) is 0 Å². The third-order valence-electron chi connectivity index (χ3n) is 11.4. The fourth-order valence-electron chi connectivity index (χ4n) is 9.18. The van der Waals surface area contributed by atoms with Crippen LogP contribution in [0.1, 0.15) is 90.0 Å². The number of aliphatic hydroxyl groups is 3. The molecule has 0 unspecified atom stereocenters. The Hall–Kier alpha value is -1.51. The average Bonchev–Trinajstić information content (AvgIpc) is 3.14. The first-order chi connectivity index (χ1) is 17.5. The van der Waals surface area contributed by atoms with E-state index >= 15 is 0 Å². The third-order valence-corrected chi connectivity index (χ3v) is 11.4. The van der Waals surface area contributed by atoms with Gasteiger partial charge in [-0.3, -0.25) is 0 Å². The number of aliphatic hydroxyl groups excluding tert-OH is 2. The summed E-state index contributed by atoms with van der Waals surface area (Å²) in [5.74, 6) is 0.885. The Morgan fingerprint density at radius 2 is 1.84 bits per heavy atom. The van der Waals surface area contributed by atoms with Gasteiger partial charge in [0.2, 0.25) is 0 Å². The first kappa shape index (κ1) is 25.8. The second-order valence-corrected chi connectivity index (χ2v) is 13.0. The van der Waals surface area contributed by atoms with Gasteiger partial charge < -0.3 is 29.2 Å². The van der Waals surface area contributed by atoms with E-state index in [1.54, 1.807) is 13.2 Å². The lowest BCUT2D eigenvalue weighted by molar-refractivity contribution is -0.256. The molecule has 3 saturated carbocycles. The first-order valence-electron chi connectivity index (χ1n) is 14.2. The van der Waals surface area contributed by atoms with E-state index in [2.05, 4.69) is 19.9 Å².